The van der Waals surface area contributed by atoms with Crippen LogP contribution in [0.5, 0.6) is 5.75 Å². The second-order valence-electron chi connectivity index (χ2n) is 7.71. The van der Waals surface area contributed by atoms with Gasteiger partial charge in [-0.25, -0.2) is 0 Å². The lowest BCUT2D eigenvalue weighted by Gasteiger charge is -2.35. The molecule has 0 N–H and O–H groups in total. The van der Waals surface area contributed by atoms with Crippen LogP contribution in [-0.2, 0) is 4.79 Å². The minimum Gasteiger partial charge on any atom is -0.481 e. The maximum atomic E-state index is 12.8. The average molecular weight is 401 g/mol. The molecule has 154 valence electrons. The highest BCUT2D eigenvalue weighted by Crippen LogP contribution is 2.22. The van der Waals surface area contributed by atoms with Gasteiger partial charge in [0.2, 0.25) is 0 Å². The Morgan fingerprint density at radius 1 is 0.933 bits per heavy atom. The monoisotopic (exact) mass is 400 g/mol. The molecule has 4 nitrogen and oxygen atoms in total. The van der Waals surface area contributed by atoms with Gasteiger partial charge in [0.1, 0.15) is 5.75 Å². The van der Waals surface area contributed by atoms with Crippen molar-refractivity contribution in [2.24, 2.45) is 0 Å². The van der Waals surface area contributed by atoms with E-state index in [-0.39, 0.29) is 5.91 Å². The summed E-state index contributed by atoms with van der Waals surface area (Å²) in [7, 11) is 0. The molecule has 0 radical (unpaired) electrons. The molecule has 0 aromatic heterocycles. The molecule has 4 rings (SSSR count). The van der Waals surface area contributed by atoms with Gasteiger partial charge in [-0.2, -0.15) is 0 Å². The second kappa shape index (κ2) is 9.59. The van der Waals surface area contributed by atoms with Gasteiger partial charge in [0.15, 0.2) is 6.10 Å². The zero-order valence-corrected chi connectivity index (χ0v) is 17.4. The Balaban J connectivity index is 1.26. The van der Waals surface area contributed by atoms with E-state index in [1.807, 2.05) is 60.4 Å². The third-order valence-corrected chi connectivity index (χ3v) is 5.54. The van der Waals surface area contributed by atoms with E-state index in [4.69, 9.17) is 4.74 Å². The fourth-order valence-electron chi connectivity index (χ4n) is 3.81. The Bertz CT molecular complexity index is 1010. The van der Waals surface area contributed by atoms with Crippen molar-refractivity contribution in [3.05, 3.63) is 84.4 Å². The topological polar surface area (TPSA) is 32.8 Å². The van der Waals surface area contributed by atoms with Crippen LogP contribution < -0.4 is 4.74 Å². The van der Waals surface area contributed by atoms with E-state index in [1.54, 1.807) is 0 Å². The van der Waals surface area contributed by atoms with E-state index in [2.05, 4.69) is 41.3 Å². The molecule has 1 heterocycles. The lowest BCUT2D eigenvalue weighted by atomic mass is 10.1. The van der Waals surface area contributed by atoms with Crippen LogP contribution in [0, 0.1) is 0 Å². The molecular formula is C26H28N2O2. The molecule has 3 aromatic carbocycles. The van der Waals surface area contributed by atoms with Crippen LogP contribution in [0.4, 0.5) is 0 Å². The molecular weight excluding hydrogens is 372 g/mol. The summed E-state index contributed by atoms with van der Waals surface area (Å²) in [4.78, 5) is 17.1. The molecule has 0 unspecified atom stereocenters. The Morgan fingerprint density at radius 2 is 1.63 bits per heavy atom. The summed E-state index contributed by atoms with van der Waals surface area (Å²) in [5, 5.41) is 2.29. The number of rotatable bonds is 6. The fourth-order valence-corrected chi connectivity index (χ4v) is 3.81. The molecule has 4 heteroatoms. The largest absolute Gasteiger partial charge is 0.481 e. The van der Waals surface area contributed by atoms with Crippen molar-refractivity contribution in [1.82, 2.24) is 9.80 Å². The molecule has 0 saturated carbocycles. The van der Waals surface area contributed by atoms with Gasteiger partial charge in [0, 0.05) is 32.7 Å². The molecule has 3 aromatic rings. The quantitative estimate of drug-likeness (QED) is 0.612. The van der Waals surface area contributed by atoms with Crippen molar-refractivity contribution >= 4 is 22.8 Å². The molecule has 1 aliphatic heterocycles. The molecule has 1 fully saturated rings. The van der Waals surface area contributed by atoms with Crippen LogP contribution in [0.15, 0.2) is 78.9 Å². The Hall–Kier alpha value is -3.11. The number of ether oxygens (including phenoxy) is 1. The predicted octanol–water partition coefficient (Wildman–Crippen LogP) is 4.46. The SMILES string of the molecule is C[C@@H](Oc1ccc2ccccc2c1)C(=O)N1CCN(C/C=C/c2ccccc2)CC1. The van der Waals surface area contributed by atoms with Gasteiger partial charge in [-0.05, 0) is 35.4 Å². The smallest absolute Gasteiger partial charge is 0.263 e. The number of piperazine rings is 1. The number of fused-ring (bicyclic) bond motifs is 1. The first kappa shape index (κ1) is 20.2. The molecule has 0 bridgehead atoms. The number of hydrogen-bond donors (Lipinski definition) is 0. The van der Waals surface area contributed by atoms with Crippen LogP contribution in [0.3, 0.4) is 0 Å². The van der Waals surface area contributed by atoms with Gasteiger partial charge >= 0.3 is 0 Å². The van der Waals surface area contributed by atoms with Gasteiger partial charge in [0.05, 0.1) is 0 Å². The number of carbonyl (C=O) groups excluding carboxylic acids is 1. The number of benzene rings is 3. The second-order valence-corrected chi connectivity index (χ2v) is 7.71. The van der Waals surface area contributed by atoms with E-state index in [0.29, 0.717) is 0 Å². The fraction of sp³-hybridized carbons (Fsp3) is 0.269. The van der Waals surface area contributed by atoms with E-state index >= 15 is 0 Å². The van der Waals surface area contributed by atoms with Crippen molar-refractivity contribution < 1.29 is 9.53 Å². The Morgan fingerprint density at radius 3 is 2.40 bits per heavy atom. The van der Waals surface area contributed by atoms with Gasteiger partial charge in [-0.1, -0.05) is 72.8 Å². The van der Waals surface area contributed by atoms with Crippen LogP contribution in [0.2, 0.25) is 0 Å². The van der Waals surface area contributed by atoms with Gasteiger partial charge < -0.3 is 9.64 Å². The summed E-state index contributed by atoms with van der Waals surface area (Å²) in [6.45, 7) is 5.99. The maximum absolute atomic E-state index is 12.8. The zero-order chi connectivity index (χ0) is 20.8. The number of carbonyl (C=O) groups is 1. The lowest BCUT2D eigenvalue weighted by Crippen LogP contribution is -2.51. The lowest BCUT2D eigenvalue weighted by molar-refractivity contribution is -0.139. The summed E-state index contributed by atoms with van der Waals surface area (Å²) >= 11 is 0. The average Bonchev–Trinajstić information content (AvgIpc) is 2.80. The van der Waals surface area contributed by atoms with Crippen molar-refractivity contribution in [3.8, 4) is 5.75 Å². The molecule has 30 heavy (non-hydrogen) atoms. The maximum Gasteiger partial charge on any atom is 0.263 e. The summed E-state index contributed by atoms with van der Waals surface area (Å²) in [6.07, 6.45) is 3.85. The summed E-state index contributed by atoms with van der Waals surface area (Å²) in [6, 6.07) is 24.4. The number of nitrogens with zero attached hydrogens (tertiary/aromatic N) is 2. The van der Waals surface area contributed by atoms with Gasteiger partial charge in [-0.15, -0.1) is 0 Å². The molecule has 0 spiro atoms. The van der Waals surface area contributed by atoms with Crippen molar-refractivity contribution in [1.29, 1.82) is 0 Å². The van der Waals surface area contributed by atoms with Crippen LogP contribution in [-0.4, -0.2) is 54.5 Å². The predicted molar refractivity (Wildman–Crippen MR) is 123 cm³/mol. The highest BCUT2D eigenvalue weighted by atomic mass is 16.5. The minimum atomic E-state index is -0.490. The van der Waals surface area contributed by atoms with E-state index in [0.717, 1.165) is 43.9 Å². The third kappa shape index (κ3) is 5.08. The first-order chi connectivity index (χ1) is 14.7. The summed E-state index contributed by atoms with van der Waals surface area (Å²) in [5.41, 5.74) is 1.21. The van der Waals surface area contributed by atoms with E-state index in [1.165, 1.54) is 10.9 Å². The number of amides is 1. The van der Waals surface area contributed by atoms with E-state index in [9.17, 15) is 4.79 Å². The Kier molecular flexibility index (Phi) is 6.45. The van der Waals surface area contributed by atoms with Crippen molar-refractivity contribution in [2.45, 2.75) is 13.0 Å². The molecule has 1 amide bonds. The Labute approximate surface area is 178 Å². The first-order valence-corrected chi connectivity index (χ1v) is 10.6. The first-order valence-electron chi connectivity index (χ1n) is 10.6. The normalized spacial score (nSPS) is 16.1. The molecule has 1 aliphatic rings. The van der Waals surface area contributed by atoms with Crippen molar-refractivity contribution in [3.63, 3.8) is 0 Å². The van der Waals surface area contributed by atoms with Crippen LogP contribution >= 0.6 is 0 Å². The van der Waals surface area contributed by atoms with Crippen molar-refractivity contribution in [2.75, 3.05) is 32.7 Å². The highest BCUT2D eigenvalue weighted by Gasteiger charge is 2.25. The standard InChI is InChI=1S/C26H28N2O2/c1-21(30-25-14-13-23-11-5-6-12-24(23)20-25)26(29)28-18-16-27(17-19-28)15-7-10-22-8-3-2-4-9-22/h2-14,20-21H,15-19H2,1H3/b10-7+/t21-/m1/s1. The van der Waals surface area contributed by atoms with Crippen LogP contribution in [0.1, 0.15) is 12.5 Å². The van der Waals surface area contributed by atoms with Gasteiger partial charge in [0.25, 0.3) is 5.91 Å². The summed E-state index contributed by atoms with van der Waals surface area (Å²) < 4.78 is 5.96. The molecule has 1 saturated heterocycles. The highest BCUT2D eigenvalue weighted by molar-refractivity contribution is 5.84. The van der Waals surface area contributed by atoms with E-state index < -0.39 is 6.10 Å². The molecule has 1 atom stereocenters. The van der Waals surface area contributed by atoms with Gasteiger partial charge in [-0.3, -0.25) is 9.69 Å². The third-order valence-electron chi connectivity index (χ3n) is 5.54. The molecule has 0 aliphatic carbocycles. The zero-order valence-electron chi connectivity index (χ0n) is 17.4. The van der Waals surface area contributed by atoms with Crippen LogP contribution in [0.25, 0.3) is 16.8 Å². The minimum absolute atomic E-state index is 0.0580. The number of hydrogen-bond acceptors (Lipinski definition) is 3. The summed E-state index contributed by atoms with van der Waals surface area (Å²) in [5.74, 6) is 0.793.